The van der Waals surface area contributed by atoms with Crippen LogP contribution in [-0.4, -0.2) is 0 Å². The fourth-order valence-corrected chi connectivity index (χ4v) is 2.06. The van der Waals surface area contributed by atoms with Gasteiger partial charge in [0.05, 0.1) is 4.47 Å². The third-order valence-electron chi connectivity index (χ3n) is 2.76. The molecule has 0 unspecified atom stereocenters. The Balaban J connectivity index is 2.16. The molecule has 3 heteroatoms. The highest BCUT2D eigenvalue weighted by molar-refractivity contribution is 9.10. The molecule has 2 rings (SSSR count). The SMILES string of the molecule is Cc1ccc(C)c(OCc2cccc(F)c2Br)c1. The van der Waals surface area contributed by atoms with Crippen LogP contribution in [0.5, 0.6) is 5.75 Å². The fraction of sp³-hybridized carbons (Fsp3) is 0.200. The van der Waals surface area contributed by atoms with Crippen molar-refractivity contribution in [3.05, 3.63) is 63.4 Å². The van der Waals surface area contributed by atoms with Crippen LogP contribution in [0.25, 0.3) is 0 Å². The first kappa shape index (κ1) is 13.1. The first-order valence-corrected chi connectivity index (χ1v) is 6.50. The van der Waals surface area contributed by atoms with Crippen LogP contribution in [0.2, 0.25) is 0 Å². The van der Waals surface area contributed by atoms with E-state index in [1.165, 1.54) is 6.07 Å². The third-order valence-corrected chi connectivity index (χ3v) is 3.65. The maximum absolute atomic E-state index is 13.3. The molecule has 0 spiro atoms. The largest absolute Gasteiger partial charge is 0.489 e. The van der Waals surface area contributed by atoms with Crippen LogP contribution in [0.1, 0.15) is 16.7 Å². The van der Waals surface area contributed by atoms with Gasteiger partial charge in [0.2, 0.25) is 0 Å². The molecular weight excluding hydrogens is 295 g/mol. The highest BCUT2D eigenvalue weighted by Crippen LogP contribution is 2.24. The molecule has 2 aromatic rings. The standard InChI is InChI=1S/C15H14BrFO/c1-10-6-7-11(2)14(8-10)18-9-12-4-3-5-13(17)15(12)16/h3-8H,9H2,1-2H3. The first-order chi connectivity index (χ1) is 8.58. The molecule has 94 valence electrons. The fourth-order valence-electron chi connectivity index (χ4n) is 1.68. The van der Waals surface area contributed by atoms with Gasteiger partial charge < -0.3 is 4.74 Å². The zero-order valence-electron chi connectivity index (χ0n) is 10.3. The normalized spacial score (nSPS) is 10.4. The Bertz CT molecular complexity index is 564. The van der Waals surface area contributed by atoms with E-state index < -0.39 is 0 Å². The quantitative estimate of drug-likeness (QED) is 0.792. The summed E-state index contributed by atoms with van der Waals surface area (Å²) in [7, 11) is 0. The van der Waals surface area contributed by atoms with Crippen molar-refractivity contribution >= 4 is 15.9 Å². The highest BCUT2D eigenvalue weighted by Gasteiger charge is 2.06. The van der Waals surface area contributed by atoms with Crippen molar-refractivity contribution in [2.75, 3.05) is 0 Å². The molecule has 0 N–H and O–H groups in total. The zero-order valence-corrected chi connectivity index (χ0v) is 11.9. The van der Waals surface area contributed by atoms with E-state index in [1.807, 2.05) is 38.1 Å². The Morgan fingerprint density at radius 3 is 2.72 bits per heavy atom. The molecule has 0 fully saturated rings. The molecule has 0 aliphatic rings. The summed E-state index contributed by atoms with van der Waals surface area (Å²) < 4.78 is 19.6. The summed E-state index contributed by atoms with van der Waals surface area (Å²) in [4.78, 5) is 0. The maximum atomic E-state index is 13.3. The van der Waals surface area contributed by atoms with Crippen LogP contribution in [0, 0.1) is 19.7 Å². The molecule has 0 atom stereocenters. The van der Waals surface area contributed by atoms with Crippen LogP contribution >= 0.6 is 15.9 Å². The lowest BCUT2D eigenvalue weighted by molar-refractivity contribution is 0.302. The van der Waals surface area contributed by atoms with Crippen LogP contribution in [0.4, 0.5) is 4.39 Å². The van der Waals surface area contributed by atoms with E-state index in [1.54, 1.807) is 6.07 Å². The average molecular weight is 309 g/mol. The minimum Gasteiger partial charge on any atom is -0.489 e. The van der Waals surface area contributed by atoms with Crippen LogP contribution < -0.4 is 4.74 Å². The maximum Gasteiger partial charge on any atom is 0.137 e. The second kappa shape index (κ2) is 5.53. The van der Waals surface area contributed by atoms with Crippen molar-refractivity contribution in [1.29, 1.82) is 0 Å². The molecule has 0 aromatic heterocycles. The number of rotatable bonds is 3. The van der Waals surface area contributed by atoms with Crippen molar-refractivity contribution in [2.24, 2.45) is 0 Å². The Hall–Kier alpha value is -1.35. The smallest absolute Gasteiger partial charge is 0.137 e. The molecule has 0 radical (unpaired) electrons. The highest BCUT2D eigenvalue weighted by atomic mass is 79.9. The summed E-state index contributed by atoms with van der Waals surface area (Å²) >= 11 is 3.23. The summed E-state index contributed by atoms with van der Waals surface area (Å²) in [5.41, 5.74) is 3.03. The molecule has 18 heavy (non-hydrogen) atoms. The van der Waals surface area contributed by atoms with Gasteiger partial charge in [-0.05, 0) is 53.0 Å². The second-order valence-corrected chi connectivity index (χ2v) is 5.06. The Morgan fingerprint density at radius 1 is 1.17 bits per heavy atom. The first-order valence-electron chi connectivity index (χ1n) is 5.71. The minimum atomic E-state index is -0.267. The molecule has 2 aromatic carbocycles. The van der Waals surface area contributed by atoms with Crippen molar-refractivity contribution in [1.82, 2.24) is 0 Å². The monoisotopic (exact) mass is 308 g/mol. The van der Waals surface area contributed by atoms with Crippen molar-refractivity contribution < 1.29 is 9.13 Å². The summed E-state index contributed by atoms with van der Waals surface area (Å²) in [6.07, 6.45) is 0. The summed E-state index contributed by atoms with van der Waals surface area (Å²) in [6, 6.07) is 11.0. The number of aryl methyl sites for hydroxylation is 2. The van der Waals surface area contributed by atoms with Crippen LogP contribution in [-0.2, 0) is 6.61 Å². The van der Waals surface area contributed by atoms with Gasteiger partial charge >= 0.3 is 0 Å². The lowest BCUT2D eigenvalue weighted by Crippen LogP contribution is -1.99. The predicted molar refractivity (Wildman–Crippen MR) is 74.3 cm³/mol. The average Bonchev–Trinajstić information content (AvgIpc) is 2.35. The van der Waals surface area contributed by atoms with Gasteiger partial charge in [-0.25, -0.2) is 4.39 Å². The molecule has 0 aliphatic heterocycles. The van der Waals surface area contributed by atoms with Crippen molar-refractivity contribution in [2.45, 2.75) is 20.5 Å². The zero-order chi connectivity index (χ0) is 13.1. The van der Waals surface area contributed by atoms with Gasteiger partial charge in [-0.2, -0.15) is 0 Å². The van der Waals surface area contributed by atoms with Crippen LogP contribution in [0.3, 0.4) is 0 Å². The number of hydrogen-bond acceptors (Lipinski definition) is 1. The van der Waals surface area contributed by atoms with E-state index in [9.17, 15) is 4.39 Å². The van der Waals surface area contributed by atoms with Gasteiger partial charge in [0.15, 0.2) is 0 Å². The van der Waals surface area contributed by atoms with E-state index in [0.717, 1.165) is 22.4 Å². The van der Waals surface area contributed by atoms with E-state index in [2.05, 4.69) is 15.9 Å². The van der Waals surface area contributed by atoms with E-state index >= 15 is 0 Å². The minimum absolute atomic E-state index is 0.267. The van der Waals surface area contributed by atoms with Gasteiger partial charge in [0.1, 0.15) is 18.2 Å². The van der Waals surface area contributed by atoms with Gasteiger partial charge in [0, 0.05) is 5.56 Å². The molecule has 0 saturated heterocycles. The van der Waals surface area contributed by atoms with E-state index in [4.69, 9.17) is 4.74 Å². The number of hydrogen-bond donors (Lipinski definition) is 0. The molecule has 0 heterocycles. The van der Waals surface area contributed by atoms with Gasteiger partial charge in [-0.15, -0.1) is 0 Å². The molecule has 0 aliphatic carbocycles. The second-order valence-electron chi connectivity index (χ2n) is 4.27. The topological polar surface area (TPSA) is 9.23 Å². The third kappa shape index (κ3) is 2.91. The lowest BCUT2D eigenvalue weighted by atomic mass is 10.1. The lowest BCUT2D eigenvalue weighted by Gasteiger charge is -2.11. The number of halogens is 2. The number of ether oxygens (including phenoxy) is 1. The molecule has 0 amide bonds. The predicted octanol–water partition coefficient (Wildman–Crippen LogP) is 4.78. The van der Waals surface area contributed by atoms with Crippen molar-refractivity contribution in [3.63, 3.8) is 0 Å². The Morgan fingerprint density at radius 2 is 1.94 bits per heavy atom. The molecular formula is C15H14BrFO. The Labute approximate surface area is 115 Å². The van der Waals surface area contributed by atoms with E-state index in [0.29, 0.717) is 11.1 Å². The van der Waals surface area contributed by atoms with Gasteiger partial charge in [-0.3, -0.25) is 0 Å². The van der Waals surface area contributed by atoms with E-state index in [-0.39, 0.29) is 5.82 Å². The Kier molecular flexibility index (Phi) is 4.02. The molecule has 0 bridgehead atoms. The van der Waals surface area contributed by atoms with Crippen molar-refractivity contribution in [3.8, 4) is 5.75 Å². The van der Waals surface area contributed by atoms with Crippen LogP contribution in [0.15, 0.2) is 40.9 Å². The van der Waals surface area contributed by atoms with Gasteiger partial charge in [-0.1, -0.05) is 24.3 Å². The summed E-state index contributed by atoms with van der Waals surface area (Å²) in [5, 5.41) is 0. The summed E-state index contributed by atoms with van der Waals surface area (Å²) in [6.45, 7) is 4.36. The molecule has 1 nitrogen and oxygen atoms in total. The molecule has 0 saturated carbocycles. The number of benzene rings is 2. The van der Waals surface area contributed by atoms with Gasteiger partial charge in [0.25, 0.3) is 0 Å². The summed E-state index contributed by atoms with van der Waals surface area (Å²) in [5.74, 6) is 0.572.